The van der Waals surface area contributed by atoms with E-state index in [-0.39, 0.29) is 30.8 Å². The zero-order valence-electron chi connectivity index (χ0n) is 18.0. The number of carbonyl (C=O) groups is 2. The van der Waals surface area contributed by atoms with Crippen molar-refractivity contribution in [3.8, 4) is 5.75 Å². The summed E-state index contributed by atoms with van der Waals surface area (Å²) in [5, 5.41) is 2.85. The molecule has 0 aliphatic heterocycles. The molecule has 0 saturated heterocycles. The van der Waals surface area contributed by atoms with Crippen molar-refractivity contribution < 1.29 is 18.7 Å². The number of hydrogen-bond donors (Lipinski definition) is 1. The Balaban J connectivity index is 1.85. The molecule has 2 amide bonds. The van der Waals surface area contributed by atoms with Crippen LogP contribution in [0.1, 0.15) is 18.1 Å². The average Bonchev–Trinajstić information content (AvgIpc) is 2.82. The van der Waals surface area contributed by atoms with Crippen LogP contribution in [0.25, 0.3) is 0 Å². The molecule has 0 aromatic heterocycles. The largest absolute Gasteiger partial charge is 0.484 e. The smallest absolute Gasteiger partial charge is 0.261 e. The number of halogens is 1. The van der Waals surface area contributed by atoms with E-state index >= 15 is 0 Å². The number of amides is 2. The normalized spacial score (nSPS) is 11.4. The van der Waals surface area contributed by atoms with Crippen molar-refractivity contribution in [3.63, 3.8) is 0 Å². The Labute approximate surface area is 187 Å². The van der Waals surface area contributed by atoms with Crippen LogP contribution in [0.2, 0.25) is 0 Å². The van der Waals surface area contributed by atoms with E-state index in [0.29, 0.717) is 18.7 Å². The van der Waals surface area contributed by atoms with Gasteiger partial charge in [-0.05, 0) is 42.3 Å². The number of nitrogens with one attached hydrogen (secondary N) is 1. The lowest BCUT2D eigenvalue weighted by Crippen LogP contribution is -2.51. The molecule has 3 aromatic carbocycles. The first-order valence-electron chi connectivity index (χ1n) is 10.6. The van der Waals surface area contributed by atoms with Crippen LogP contribution in [0, 0.1) is 5.82 Å². The van der Waals surface area contributed by atoms with Crippen molar-refractivity contribution >= 4 is 11.8 Å². The lowest BCUT2D eigenvalue weighted by atomic mass is 10.0. The Morgan fingerprint density at radius 3 is 2.09 bits per heavy atom. The molecule has 0 aliphatic carbocycles. The van der Waals surface area contributed by atoms with Gasteiger partial charge >= 0.3 is 0 Å². The zero-order valence-corrected chi connectivity index (χ0v) is 18.0. The van der Waals surface area contributed by atoms with Gasteiger partial charge in [0.15, 0.2) is 6.61 Å². The van der Waals surface area contributed by atoms with Crippen molar-refractivity contribution in [1.29, 1.82) is 0 Å². The van der Waals surface area contributed by atoms with E-state index in [0.717, 1.165) is 11.1 Å². The van der Waals surface area contributed by atoms with Gasteiger partial charge in [0.05, 0.1) is 0 Å². The Hall–Kier alpha value is -3.67. The Morgan fingerprint density at radius 1 is 0.906 bits per heavy atom. The summed E-state index contributed by atoms with van der Waals surface area (Å²) in [6.07, 6.45) is 0.377. The second-order valence-corrected chi connectivity index (χ2v) is 7.35. The molecular formula is C26H27FN2O3. The summed E-state index contributed by atoms with van der Waals surface area (Å²) in [6, 6.07) is 23.9. The zero-order chi connectivity index (χ0) is 22.8. The van der Waals surface area contributed by atoms with E-state index in [2.05, 4.69) is 5.32 Å². The highest BCUT2D eigenvalue weighted by molar-refractivity contribution is 5.88. The van der Waals surface area contributed by atoms with Crippen LogP contribution in [0.15, 0.2) is 84.9 Å². The maximum Gasteiger partial charge on any atom is 0.261 e. The molecule has 0 aliphatic rings. The van der Waals surface area contributed by atoms with Gasteiger partial charge in [0, 0.05) is 19.5 Å². The maximum absolute atomic E-state index is 13.3. The molecule has 0 fully saturated rings. The molecule has 3 rings (SSSR count). The Morgan fingerprint density at radius 2 is 1.50 bits per heavy atom. The van der Waals surface area contributed by atoms with Gasteiger partial charge in [-0.1, -0.05) is 60.7 Å². The monoisotopic (exact) mass is 434 g/mol. The van der Waals surface area contributed by atoms with Gasteiger partial charge in [-0.15, -0.1) is 0 Å². The van der Waals surface area contributed by atoms with Gasteiger partial charge in [0.25, 0.3) is 5.91 Å². The molecule has 32 heavy (non-hydrogen) atoms. The summed E-state index contributed by atoms with van der Waals surface area (Å²) in [5.74, 6) is -0.543. The summed E-state index contributed by atoms with van der Waals surface area (Å²) in [6.45, 7) is 2.31. The molecule has 0 bridgehead atoms. The molecule has 0 unspecified atom stereocenters. The number of carbonyl (C=O) groups excluding carboxylic acids is 2. The minimum absolute atomic E-state index is 0.220. The van der Waals surface area contributed by atoms with Gasteiger partial charge in [-0.3, -0.25) is 9.59 Å². The predicted molar refractivity (Wildman–Crippen MR) is 122 cm³/mol. The topological polar surface area (TPSA) is 58.6 Å². The molecule has 166 valence electrons. The molecule has 0 spiro atoms. The minimum atomic E-state index is -0.707. The number of rotatable bonds is 10. The van der Waals surface area contributed by atoms with Crippen molar-refractivity contribution in [2.45, 2.75) is 25.9 Å². The van der Waals surface area contributed by atoms with Crippen LogP contribution in [0.4, 0.5) is 4.39 Å². The minimum Gasteiger partial charge on any atom is -0.484 e. The van der Waals surface area contributed by atoms with Crippen LogP contribution in [0.3, 0.4) is 0 Å². The van der Waals surface area contributed by atoms with E-state index in [1.165, 1.54) is 24.3 Å². The maximum atomic E-state index is 13.3. The van der Waals surface area contributed by atoms with Gasteiger partial charge in [0.2, 0.25) is 5.91 Å². The molecule has 0 radical (unpaired) electrons. The van der Waals surface area contributed by atoms with Crippen LogP contribution < -0.4 is 10.1 Å². The average molecular weight is 435 g/mol. The van der Waals surface area contributed by atoms with Crippen LogP contribution >= 0.6 is 0 Å². The molecule has 1 N–H and O–H groups in total. The summed E-state index contributed by atoms with van der Waals surface area (Å²) in [4.78, 5) is 27.8. The number of hydrogen-bond acceptors (Lipinski definition) is 3. The van der Waals surface area contributed by atoms with Crippen molar-refractivity contribution in [1.82, 2.24) is 10.2 Å². The van der Waals surface area contributed by atoms with Crippen molar-refractivity contribution in [2.24, 2.45) is 0 Å². The van der Waals surface area contributed by atoms with Crippen molar-refractivity contribution in [2.75, 3.05) is 13.2 Å². The second-order valence-electron chi connectivity index (χ2n) is 7.35. The molecule has 3 aromatic rings. The highest BCUT2D eigenvalue weighted by atomic mass is 19.1. The third-order valence-corrected chi connectivity index (χ3v) is 4.99. The van der Waals surface area contributed by atoms with Crippen LogP contribution in [-0.2, 0) is 22.6 Å². The third-order valence-electron chi connectivity index (χ3n) is 4.99. The fraction of sp³-hybridized carbons (Fsp3) is 0.231. The number of benzene rings is 3. The number of nitrogens with zero attached hydrogens (tertiary/aromatic N) is 1. The third kappa shape index (κ3) is 6.67. The quantitative estimate of drug-likeness (QED) is 0.525. The highest BCUT2D eigenvalue weighted by Crippen LogP contribution is 2.16. The summed E-state index contributed by atoms with van der Waals surface area (Å²) >= 11 is 0. The first kappa shape index (κ1) is 23.0. The fourth-order valence-electron chi connectivity index (χ4n) is 3.38. The Bertz CT molecular complexity index is 995. The first-order chi connectivity index (χ1) is 15.6. The molecule has 0 heterocycles. The molecule has 0 saturated carbocycles. The fourth-order valence-corrected chi connectivity index (χ4v) is 3.38. The van der Waals surface area contributed by atoms with E-state index in [1.54, 1.807) is 4.90 Å². The highest BCUT2D eigenvalue weighted by Gasteiger charge is 2.30. The van der Waals surface area contributed by atoms with E-state index in [4.69, 9.17) is 4.74 Å². The SMILES string of the molecule is CCNC(=O)[C@H](Cc1ccccc1)N(Cc1ccccc1)C(=O)COc1ccc(F)cc1. The summed E-state index contributed by atoms with van der Waals surface area (Å²) in [7, 11) is 0. The van der Waals surface area contributed by atoms with E-state index in [1.807, 2.05) is 67.6 Å². The Kier molecular flexibility index (Phi) is 8.37. The lowest BCUT2D eigenvalue weighted by Gasteiger charge is -2.31. The standard InChI is InChI=1S/C26H27FN2O3/c1-2-28-26(31)24(17-20-9-5-3-6-10-20)29(18-21-11-7-4-8-12-21)25(30)19-32-23-15-13-22(27)14-16-23/h3-16,24H,2,17-19H2,1H3,(H,28,31)/t24-/m0/s1. The first-order valence-corrected chi connectivity index (χ1v) is 10.6. The second kappa shape index (κ2) is 11.6. The molecular weight excluding hydrogens is 407 g/mol. The van der Waals surface area contributed by atoms with Gasteiger partial charge in [0.1, 0.15) is 17.6 Å². The van der Waals surface area contributed by atoms with E-state index < -0.39 is 6.04 Å². The lowest BCUT2D eigenvalue weighted by molar-refractivity contribution is -0.142. The van der Waals surface area contributed by atoms with E-state index in [9.17, 15) is 14.0 Å². The summed E-state index contributed by atoms with van der Waals surface area (Å²) in [5.41, 5.74) is 1.86. The van der Waals surface area contributed by atoms with Gasteiger partial charge in [-0.25, -0.2) is 4.39 Å². The molecule has 1 atom stereocenters. The van der Waals surface area contributed by atoms with Gasteiger partial charge in [-0.2, -0.15) is 0 Å². The van der Waals surface area contributed by atoms with Gasteiger partial charge < -0.3 is 15.0 Å². The van der Waals surface area contributed by atoms with Crippen LogP contribution in [-0.4, -0.2) is 35.9 Å². The summed E-state index contributed by atoms with van der Waals surface area (Å²) < 4.78 is 18.7. The predicted octanol–water partition coefficient (Wildman–Crippen LogP) is 3.98. The number of ether oxygens (including phenoxy) is 1. The molecule has 5 nitrogen and oxygen atoms in total. The van der Waals surface area contributed by atoms with Crippen molar-refractivity contribution in [3.05, 3.63) is 102 Å². The van der Waals surface area contributed by atoms with Crippen LogP contribution in [0.5, 0.6) is 5.75 Å². The number of likely N-dealkylation sites (N-methyl/N-ethyl adjacent to an activating group) is 1. The molecule has 6 heteroatoms.